The van der Waals surface area contributed by atoms with Crippen LogP contribution in [0.1, 0.15) is 27.7 Å². The lowest BCUT2D eigenvalue weighted by Gasteiger charge is -2.35. The van der Waals surface area contributed by atoms with Crippen molar-refractivity contribution in [2.24, 2.45) is 0 Å². The molecule has 0 aliphatic carbocycles. The van der Waals surface area contributed by atoms with Crippen LogP contribution >= 0.6 is 0 Å². The molecule has 1 atom stereocenters. The second-order valence-corrected chi connectivity index (χ2v) is 6.71. The van der Waals surface area contributed by atoms with E-state index in [1.165, 1.54) is 23.1 Å². The van der Waals surface area contributed by atoms with Crippen LogP contribution in [0.25, 0.3) is 11.3 Å². The van der Waals surface area contributed by atoms with Crippen LogP contribution in [0.15, 0.2) is 65.1 Å². The smallest absolute Gasteiger partial charge is 0.258 e. The van der Waals surface area contributed by atoms with Crippen molar-refractivity contribution in [2.45, 2.75) is 13.0 Å². The Hall–Kier alpha value is -3.41. The third-order valence-corrected chi connectivity index (χ3v) is 4.76. The Morgan fingerprint density at radius 1 is 1.14 bits per heavy atom. The van der Waals surface area contributed by atoms with E-state index in [0.29, 0.717) is 35.7 Å². The number of carbonyl (C=O) groups excluding carboxylic acids is 2. The number of furan rings is 1. The number of benzene rings is 2. The second kappa shape index (κ2) is 7.31. The number of hydrogen-bond donors (Lipinski definition) is 1. The van der Waals surface area contributed by atoms with Gasteiger partial charge in [-0.05, 0) is 30.7 Å². The summed E-state index contributed by atoms with van der Waals surface area (Å²) in [5.41, 5.74) is 1.61. The van der Waals surface area contributed by atoms with Gasteiger partial charge >= 0.3 is 0 Å². The largest absolute Gasteiger partial charge is 0.461 e. The Labute approximate surface area is 161 Å². The Balaban J connectivity index is 1.75. The third-order valence-electron chi connectivity index (χ3n) is 4.76. The van der Waals surface area contributed by atoms with Crippen LogP contribution in [0.3, 0.4) is 0 Å². The van der Waals surface area contributed by atoms with E-state index in [4.69, 9.17) is 4.42 Å². The van der Waals surface area contributed by atoms with Crippen molar-refractivity contribution in [3.05, 3.63) is 83.4 Å². The highest BCUT2D eigenvalue weighted by Crippen LogP contribution is 2.32. The molecule has 0 bridgehead atoms. The summed E-state index contributed by atoms with van der Waals surface area (Å²) < 4.78 is 19.5. The van der Waals surface area contributed by atoms with Crippen LogP contribution in [-0.4, -0.2) is 29.8 Å². The lowest BCUT2D eigenvalue weighted by molar-refractivity contribution is -0.128. The number of halogens is 1. The van der Waals surface area contributed by atoms with Gasteiger partial charge in [-0.2, -0.15) is 0 Å². The summed E-state index contributed by atoms with van der Waals surface area (Å²) in [5.74, 6) is -0.0306. The van der Waals surface area contributed by atoms with Crippen molar-refractivity contribution in [2.75, 3.05) is 13.1 Å². The molecule has 1 aliphatic heterocycles. The Morgan fingerprint density at radius 3 is 2.68 bits per heavy atom. The Kier molecular flexibility index (Phi) is 4.69. The van der Waals surface area contributed by atoms with Crippen LogP contribution in [0.2, 0.25) is 0 Å². The standard InChI is InChI=1S/C22H19FN2O3/c1-14-12-18(20(28-14)15-6-3-2-4-7-15)22(27)25-11-10-24-21(26)19(25)16-8-5-9-17(23)13-16/h2-9,12-13,19H,10-11H2,1H3,(H,24,26)/t19-/m0/s1. The van der Waals surface area contributed by atoms with Gasteiger partial charge in [-0.3, -0.25) is 9.59 Å². The summed E-state index contributed by atoms with van der Waals surface area (Å²) in [7, 11) is 0. The highest BCUT2D eigenvalue weighted by molar-refractivity contribution is 6.02. The van der Waals surface area contributed by atoms with Gasteiger partial charge in [-0.1, -0.05) is 42.5 Å². The molecule has 1 aromatic heterocycles. The molecule has 1 aliphatic rings. The summed E-state index contributed by atoms with van der Waals surface area (Å²) in [4.78, 5) is 27.5. The molecular formula is C22H19FN2O3. The molecule has 1 N–H and O–H groups in total. The first kappa shape index (κ1) is 18.0. The fourth-order valence-electron chi connectivity index (χ4n) is 3.53. The molecule has 2 aromatic carbocycles. The van der Waals surface area contributed by atoms with Crippen molar-refractivity contribution in [3.8, 4) is 11.3 Å². The van der Waals surface area contributed by atoms with Crippen molar-refractivity contribution in [1.82, 2.24) is 10.2 Å². The van der Waals surface area contributed by atoms with Gasteiger partial charge in [0.1, 0.15) is 23.4 Å². The monoisotopic (exact) mass is 378 g/mol. The molecule has 28 heavy (non-hydrogen) atoms. The lowest BCUT2D eigenvalue weighted by Crippen LogP contribution is -2.52. The van der Waals surface area contributed by atoms with E-state index >= 15 is 0 Å². The predicted octanol–water partition coefficient (Wildman–Crippen LogP) is 3.71. The fraction of sp³-hybridized carbons (Fsp3) is 0.182. The van der Waals surface area contributed by atoms with E-state index in [9.17, 15) is 14.0 Å². The van der Waals surface area contributed by atoms with E-state index in [0.717, 1.165) is 5.56 Å². The number of amides is 2. The number of piperazine rings is 1. The minimum atomic E-state index is -0.893. The zero-order chi connectivity index (χ0) is 19.7. The van der Waals surface area contributed by atoms with Gasteiger partial charge in [0.25, 0.3) is 5.91 Å². The zero-order valence-electron chi connectivity index (χ0n) is 15.3. The number of aryl methyl sites for hydroxylation is 1. The summed E-state index contributed by atoms with van der Waals surface area (Å²) in [6.07, 6.45) is 0. The van der Waals surface area contributed by atoms with Crippen molar-refractivity contribution in [1.29, 1.82) is 0 Å². The van der Waals surface area contributed by atoms with Gasteiger partial charge in [0.2, 0.25) is 5.91 Å². The average Bonchev–Trinajstić information content (AvgIpc) is 3.09. The number of nitrogens with zero attached hydrogens (tertiary/aromatic N) is 1. The van der Waals surface area contributed by atoms with E-state index < -0.39 is 11.9 Å². The average molecular weight is 378 g/mol. The normalized spacial score (nSPS) is 16.7. The molecule has 2 heterocycles. The molecule has 0 radical (unpaired) electrons. The molecule has 0 spiro atoms. The van der Waals surface area contributed by atoms with Crippen LogP contribution in [0, 0.1) is 12.7 Å². The topological polar surface area (TPSA) is 62.6 Å². The van der Waals surface area contributed by atoms with E-state index in [2.05, 4.69) is 5.32 Å². The molecule has 142 valence electrons. The Morgan fingerprint density at radius 2 is 1.93 bits per heavy atom. The van der Waals surface area contributed by atoms with E-state index in [1.807, 2.05) is 30.3 Å². The maximum Gasteiger partial charge on any atom is 0.258 e. The minimum absolute atomic E-state index is 0.320. The van der Waals surface area contributed by atoms with Crippen molar-refractivity contribution in [3.63, 3.8) is 0 Å². The van der Waals surface area contributed by atoms with Gasteiger partial charge in [-0.25, -0.2) is 4.39 Å². The van der Waals surface area contributed by atoms with Crippen LogP contribution < -0.4 is 5.32 Å². The third kappa shape index (κ3) is 3.29. The van der Waals surface area contributed by atoms with Crippen molar-refractivity contribution < 1.29 is 18.4 Å². The summed E-state index contributed by atoms with van der Waals surface area (Å²) in [6.45, 7) is 2.44. The molecule has 1 fully saturated rings. The maximum atomic E-state index is 13.7. The maximum absolute atomic E-state index is 13.7. The molecular weight excluding hydrogens is 359 g/mol. The molecule has 2 amide bonds. The second-order valence-electron chi connectivity index (χ2n) is 6.71. The first-order valence-electron chi connectivity index (χ1n) is 9.04. The molecule has 0 unspecified atom stereocenters. The number of nitrogens with one attached hydrogen (secondary N) is 1. The number of carbonyl (C=O) groups is 2. The summed E-state index contributed by atoms with van der Waals surface area (Å²) >= 11 is 0. The molecule has 0 saturated carbocycles. The summed E-state index contributed by atoms with van der Waals surface area (Å²) in [5, 5.41) is 2.76. The molecule has 5 nitrogen and oxygen atoms in total. The van der Waals surface area contributed by atoms with Crippen LogP contribution in [0.5, 0.6) is 0 Å². The van der Waals surface area contributed by atoms with Gasteiger partial charge < -0.3 is 14.6 Å². The molecule has 1 saturated heterocycles. The Bertz CT molecular complexity index is 1030. The fourth-order valence-corrected chi connectivity index (χ4v) is 3.53. The molecule has 4 rings (SSSR count). The predicted molar refractivity (Wildman–Crippen MR) is 102 cm³/mol. The molecule has 3 aromatic rings. The van der Waals surface area contributed by atoms with Crippen LogP contribution in [0.4, 0.5) is 4.39 Å². The van der Waals surface area contributed by atoms with Gasteiger partial charge in [0.15, 0.2) is 0 Å². The number of rotatable bonds is 3. The first-order valence-corrected chi connectivity index (χ1v) is 9.04. The van der Waals surface area contributed by atoms with Gasteiger partial charge in [-0.15, -0.1) is 0 Å². The highest BCUT2D eigenvalue weighted by Gasteiger charge is 2.36. The van der Waals surface area contributed by atoms with Gasteiger partial charge in [0.05, 0.1) is 5.56 Å². The minimum Gasteiger partial charge on any atom is -0.461 e. The quantitative estimate of drug-likeness (QED) is 0.756. The van der Waals surface area contributed by atoms with Crippen LogP contribution in [-0.2, 0) is 4.79 Å². The SMILES string of the molecule is Cc1cc(C(=O)N2CCNC(=O)[C@@H]2c2cccc(F)c2)c(-c2ccccc2)o1. The lowest BCUT2D eigenvalue weighted by atomic mass is 10.00. The van der Waals surface area contributed by atoms with E-state index in [-0.39, 0.29) is 11.8 Å². The van der Waals surface area contributed by atoms with E-state index in [1.54, 1.807) is 19.1 Å². The van der Waals surface area contributed by atoms with Gasteiger partial charge in [0, 0.05) is 18.7 Å². The van der Waals surface area contributed by atoms with Crippen molar-refractivity contribution >= 4 is 11.8 Å². The number of hydrogen-bond acceptors (Lipinski definition) is 3. The first-order chi connectivity index (χ1) is 13.5. The summed E-state index contributed by atoms with van der Waals surface area (Å²) in [6, 6.07) is 15.9. The molecule has 6 heteroatoms. The zero-order valence-corrected chi connectivity index (χ0v) is 15.3. The highest BCUT2D eigenvalue weighted by atomic mass is 19.1.